The van der Waals surface area contributed by atoms with Crippen molar-refractivity contribution in [2.45, 2.75) is 113 Å². The van der Waals surface area contributed by atoms with Gasteiger partial charge in [-0.25, -0.2) is 39.9 Å². The highest BCUT2D eigenvalue weighted by Gasteiger charge is 2.47. The Labute approximate surface area is 816 Å². The topological polar surface area (TPSA) is 103 Å². The lowest BCUT2D eigenvalue weighted by Crippen LogP contribution is -2.28. The van der Waals surface area contributed by atoms with Crippen LogP contribution in [0, 0.1) is 0 Å². The molecule has 27 rings (SSSR count). The van der Waals surface area contributed by atoms with E-state index in [1.807, 2.05) is 114 Å². The zero-order valence-electron chi connectivity index (χ0n) is 77.5. The monoisotopic (exact) mass is 1800 g/mol. The second-order valence-electron chi connectivity index (χ2n) is 38.3. The molecule has 4 aromatic heterocycles. The molecule has 0 amide bonds. The maximum Gasteiger partial charge on any atom is 0.164 e. The van der Waals surface area contributed by atoms with Crippen molar-refractivity contribution >= 4 is 31.5 Å². The molecular weight excluding hydrogens is 1710 g/mol. The minimum absolute atomic E-state index is 0.146. The van der Waals surface area contributed by atoms with Gasteiger partial charge >= 0.3 is 0 Å². The molecule has 666 valence electrons. The van der Waals surface area contributed by atoms with E-state index >= 15 is 0 Å². The number of aromatic nitrogens is 8. The highest BCUT2D eigenvalue weighted by molar-refractivity contribution is 7.25. The van der Waals surface area contributed by atoms with Gasteiger partial charge in [-0.15, -0.1) is 11.3 Å². The van der Waals surface area contributed by atoms with Crippen molar-refractivity contribution in [1.29, 1.82) is 0 Å². The SMILES string of the molecule is c1ccc(-c2ccc(-c3cc(-c4ccc5sc6ccc(-c7ccc8c(c7)C7(CCCCC7)c7ccccc7-8)cc6c5c4)nc(-c4ccccc4)n3)cc2)cc1.c1ccc(-c2nc(-c3ccccc3)nc(-c3ccc(-c4ccc5c(c4)-c4ccccc4C54CCCCC4)cc3)n2)cc1.c1ccc(-c2nc(-c3ccccc3)nc(-c3ccccc3-c3ccc4c(c3)-c3ccccc3C43CCCCC3)n2)cc1. The number of hydrogen-bond donors (Lipinski definition) is 0. The van der Waals surface area contributed by atoms with Gasteiger partial charge < -0.3 is 0 Å². The largest absolute Gasteiger partial charge is 0.228 e. The first-order chi connectivity index (χ1) is 68.8. The first kappa shape index (κ1) is 84.8. The summed E-state index contributed by atoms with van der Waals surface area (Å²) in [5.41, 5.74) is 38.7. The van der Waals surface area contributed by atoms with Gasteiger partial charge in [0.1, 0.15) is 0 Å². The van der Waals surface area contributed by atoms with Gasteiger partial charge in [-0.3, -0.25) is 0 Å². The van der Waals surface area contributed by atoms with Gasteiger partial charge in [0.2, 0.25) is 0 Å². The fourth-order valence-corrected chi connectivity index (χ4v) is 24.7. The molecule has 139 heavy (non-hydrogen) atoms. The normalized spacial score (nSPS) is 14.6. The number of thiophene rings is 1. The molecule has 0 bridgehead atoms. The van der Waals surface area contributed by atoms with Gasteiger partial charge in [0.25, 0.3) is 0 Å². The molecule has 8 nitrogen and oxygen atoms in total. The van der Waals surface area contributed by atoms with Crippen LogP contribution in [0.5, 0.6) is 0 Å². The third-order valence-electron chi connectivity index (χ3n) is 30.4. The minimum Gasteiger partial charge on any atom is -0.228 e. The van der Waals surface area contributed by atoms with E-state index in [9.17, 15) is 0 Å². The van der Waals surface area contributed by atoms with E-state index < -0.39 is 0 Å². The third kappa shape index (κ3) is 15.7. The Morgan fingerprint density at radius 1 is 0.151 bits per heavy atom. The summed E-state index contributed by atoms with van der Waals surface area (Å²) in [7, 11) is 0. The summed E-state index contributed by atoms with van der Waals surface area (Å²) in [4.78, 5) is 39.9. The van der Waals surface area contributed by atoms with Gasteiger partial charge in [-0.05, 0) is 198 Å². The van der Waals surface area contributed by atoms with Crippen molar-refractivity contribution in [2.75, 3.05) is 0 Å². The van der Waals surface area contributed by atoms with Crippen LogP contribution in [-0.2, 0) is 16.2 Å². The molecule has 17 aromatic carbocycles. The molecule has 3 spiro atoms. The van der Waals surface area contributed by atoms with Gasteiger partial charge in [0, 0.05) is 86.5 Å². The Kier molecular flexibility index (Phi) is 22.1. The number of benzene rings is 17. The van der Waals surface area contributed by atoms with Crippen molar-refractivity contribution in [1.82, 2.24) is 39.9 Å². The molecule has 0 atom stereocenters. The van der Waals surface area contributed by atoms with E-state index in [4.69, 9.17) is 39.9 Å². The second kappa shape index (κ2) is 36.3. The molecule has 4 heterocycles. The van der Waals surface area contributed by atoms with Gasteiger partial charge in [0.15, 0.2) is 40.8 Å². The van der Waals surface area contributed by atoms with Crippen molar-refractivity contribution in [3.63, 3.8) is 0 Å². The Morgan fingerprint density at radius 2 is 0.417 bits per heavy atom. The summed E-state index contributed by atoms with van der Waals surface area (Å²) >= 11 is 1.87. The number of rotatable bonds is 13. The molecule has 3 fully saturated rings. The van der Waals surface area contributed by atoms with Crippen LogP contribution in [0.3, 0.4) is 0 Å². The van der Waals surface area contributed by atoms with E-state index in [0.29, 0.717) is 34.9 Å². The van der Waals surface area contributed by atoms with Gasteiger partial charge in [-0.1, -0.05) is 434 Å². The first-order valence-electron chi connectivity index (χ1n) is 49.5. The lowest BCUT2D eigenvalue weighted by atomic mass is 9.67. The van der Waals surface area contributed by atoms with Crippen molar-refractivity contribution in [3.05, 3.63) is 458 Å². The maximum absolute atomic E-state index is 5.19. The lowest BCUT2D eigenvalue weighted by Gasteiger charge is -2.36. The van der Waals surface area contributed by atoms with Gasteiger partial charge in [-0.2, -0.15) is 0 Å². The van der Waals surface area contributed by atoms with Crippen molar-refractivity contribution < 1.29 is 0 Å². The average molecular weight is 1810 g/mol. The van der Waals surface area contributed by atoms with E-state index in [-0.39, 0.29) is 16.2 Å². The summed E-state index contributed by atoms with van der Waals surface area (Å²) in [6.07, 6.45) is 19.3. The van der Waals surface area contributed by atoms with Crippen LogP contribution in [0.25, 0.3) is 200 Å². The second-order valence-corrected chi connectivity index (χ2v) is 39.4. The summed E-state index contributed by atoms with van der Waals surface area (Å²) in [5.74, 6) is 4.80. The third-order valence-corrected chi connectivity index (χ3v) is 31.6. The molecule has 3 saturated carbocycles. The number of nitrogens with zero attached hydrogens (tertiary/aromatic N) is 8. The molecule has 0 saturated heterocycles. The summed E-state index contributed by atoms with van der Waals surface area (Å²) in [6.45, 7) is 0. The predicted octanol–water partition coefficient (Wildman–Crippen LogP) is 34.0. The molecule has 0 N–H and O–H groups in total. The predicted molar refractivity (Wildman–Crippen MR) is 573 cm³/mol. The van der Waals surface area contributed by atoms with Crippen LogP contribution in [0.1, 0.15) is 130 Å². The highest BCUT2D eigenvalue weighted by atomic mass is 32.1. The Morgan fingerprint density at radius 3 is 0.871 bits per heavy atom. The van der Waals surface area contributed by atoms with Crippen molar-refractivity contribution in [3.8, 4) is 180 Å². The molecule has 0 unspecified atom stereocenters. The Bertz CT molecular complexity index is 8070. The highest BCUT2D eigenvalue weighted by Crippen LogP contribution is 2.60. The van der Waals surface area contributed by atoms with Gasteiger partial charge in [0.05, 0.1) is 11.4 Å². The maximum atomic E-state index is 5.19. The summed E-state index contributed by atoms with van der Waals surface area (Å²) in [6, 6.07) is 152. The first-order valence-corrected chi connectivity index (χ1v) is 50.4. The van der Waals surface area contributed by atoms with Crippen molar-refractivity contribution in [2.24, 2.45) is 0 Å². The minimum atomic E-state index is 0.146. The Hall–Kier alpha value is -15.9. The van der Waals surface area contributed by atoms with Crippen LogP contribution < -0.4 is 0 Å². The van der Waals surface area contributed by atoms with E-state index in [1.165, 1.54) is 217 Å². The average Bonchev–Trinajstić information content (AvgIpc) is 1.57. The Balaban J connectivity index is 0.000000112. The molecule has 6 aliphatic rings. The number of hydrogen-bond acceptors (Lipinski definition) is 9. The summed E-state index contributed by atoms with van der Waals surface area (Å²) < 4.78 is 2.59. The summed E-state index contributed by atoms with van der Waals surface area (Å²) in [5, 5.41) is 2.56. The quantitative estimate of drug-likeness (QED) is 0.112. The fourth-order valence-electron chi connectivity index (χ4n) is 23.6. The zero-order chi connectivity index (χ0) is 92.2. The lowest BCUT2D eigenvalue weighted by molar-refractivity contribution is 0.353. The van der Waals surface area contributed by atoms with E-state index in [0.717, 1.165) is 72.8 Å². The molecule has 21 aromatic rings. The zero-order valence-corrected chi connectivity index (χ0v) is 78.3. The standard InChI is InChI=1S/C52H38N2S.2C39H31N3/c1-4-12-34(13-5-1)35-18-20-36(21-19-35)47-33-48(54-51(53-47)37-14-6-2-7-15-37)40-24-27-50-44(31-40)43-30-38(23-26-49(43)55-50)39-22-25-42-41-16-8-9-17-45(41)52(46(42)32-39)28-10-3-11-29-52;1-4-14-27(15-5-1)36-40-37(28-16-6-2-7-17-28)42-38(41-36)32-20-9-8-18-30(32)29-22-23-35-33(26-29)31-19-10-11-21-34(31)39(35)24-12-3-13-25-39;1-4-12-28(13-5-1)36-40-37(29-14-6-2-7-15-29)42-38(41-36)30-20-18-27(19-21-30)31-22-23-35-33(26-31)32-16-8-9-17-34(32)39(35)24-10-3-11-25-39/h1-2,4-9,12-27,30-33H,3,10-11,28-29H2;1-2,4-11,14-23,26H,3,12-13,24-25H2;1-2,4-9,12-23,26H,3,10-11,24-25H2. The van der Waals surface area contributed by atoms with E-state index in [1.54, 1.807) is 5.56 Å². The van der Waals surface area contributed by atoms with Crippen LogP contribution in [0.4, 0.5) is 0 Å². The molecular formula is C130H100N8S. The van der Waals surface area contributed by atoms with E-state index in [2.05, 4.69) is 322 Å². The van der Waals surface area contributed by atoms with Crippen LogP contribution in [0.15, 0.2) is 425 Å². The van der Waals surface area contributed by atoms with Crippen LogP contribution in [-0.4, -0.2) is 39.9 Å². The fraction of sp³-hybridized carbons (Fsp3) is 0.138. The molecule has 9 heteroatoms. The molecule has 6 aliphatic carbocycles. The van der Waals surface area contributed by atoms with Crippen LogP contribution >= 0.6 is 11.3 Å². The van der Waals surface area contributed by atoms with Crippen LogP contribution in [0.2, 0.25) is 0 Å². The molecule has 0 radical (unpaired) electrons. The number of fused-ring (bicyclic) bond motifs is 18. The molecule has 0 aliphatic heterocycles. The smallest absolute Gasteiger partial charge is 0.164 e.